The van der Waals surface area contributed by atoms with E-state index in [1.165, 1.54) is 11.0 Å². The zero-order chi connectivity index (χ0) is 18.8. The molecule has 134 valence electrons. The molecular weight excluding hydrogens is 341 g/mol. The Hall–Kier alpha value is -3.40. The van der Waals surface area contributed by atoms with E-state index >= 15 is 0 Å². The van der Waals surface area contributed by atoms with Gasteiger partial charge in [0.1, 0.15) is 5.82 Å². The van der Waals surface area contributed by atoms with E-state index in [0.29, 0.717) is 16.7 Å². The standard InChI is InChI=1S/C23H18FNO2/c24-19-14-8-7-13-18(19)21-20(17-11-5-2-6-12-17)22(26)23(27)25(21)15-16-9-3-1-4-10-16/h1-14,21,26H,15H2. The highest BCUT2D eigenvalue weighted by molar-refractivity contribution is 6.05. The summed E-state index contributed by atoms with van der Waals surface area (Å²) in [5.41, 5.74) is 2.41. The molecule has 4 rings (SSSR count). The smallest absolute Gasteiger partial charge is 0.290 e. The summed E-state index contributed by atoms with van der Waals surface area (Å²) < 4.78 is 14.7. The minimum absolute atomic E-state index is 0.277. The van der Waals surface area contributed by atoms with Crippen LogP contribution in [0.4, 0.5) is 4.39 Å². The molecule has 0 aliphatic carbocycles. The molecule has 1 N–H and O–H groups in total. The Morgan fingerprint density at radius 3 is 2.11 bits per heavy atom. The van der Waals surface area contributed by atoms with Gasteiger partial charge in [-0.15, -0.1) is 0 Å². The molecular formula is C23H18FNO2. The zero-order valence-electron chi connectivity index (χ0n) is 14.5. The normalized spacial score (nSPS) is 16.9. The summed E-state index contributed by atoms with van der Waals surface area (Å²) in [6.45, 7) is 0.277. The van der Waals surface area contributed by atoms with Crippen LogP contribution >= 0.6 is 0 Å². The van der Waals surface area contributed by atoms with E-state index in [-0.39, 0.29) is 12.3 Å². The van der Waals surface area contributed by atoms with Crippen LogP contribution in [0.1, 0.15) is 22.7 Å². The number of rotatable bonds is 4. The number of benzene rings is 3. The van der Waals surface area contributed by atoms with Gasteiger partial charge >= 0.3 is 0 Å². The van der Waals surface area contributed by atoms with Gasteiger partial charge in [0.2, 0.25) is 0 Å². The van der Waals surface area contributed by atoms with Gasteiger partial charge in [-0.05, 0) is 17.2 Å². The number of aliphatic hydroxyl groups is 1. The lowest BCUT2D eigenvalue weighted by atomic mass is 9.93. The Balaban J connectivity index is 1.85. The Labute approximate surface area is 157 Å². The summed E-state index contributed by atoms with van der Waals surface area (Å²) in [6.07, 6.45) is 0. The summed E-state index contributed by atoms with van der Waals surface area (Å²) in [4.78, 5) is 14.4. The molecule has 1 unspecified atom stereocenters. The van der Waals surface area contributed by atoms with Crippen molar-refractivity contribution >= 4 is 11.5 Å². The lowest BCUT2D eigenvalue weighted by molar-refractivity contribution is -0.130. The highest BCUT2D eigenvalue weighted by atomic mass is 19.1. The minimum atomic E-state index is -0.693. The van der Waals surface area contributed by atoms with Crippen LogP contribution in [0.25, 0.3) is 5.57 Å². The van der Waals surface area contributed by atoms with Crippen LogP contribution < -0.4 is 0 Å². The Bertz CT molecular complexity index is 999. The monoisotopic (exact) mass is 359 g/mol. The van der Waals surface area contributed by atoms with Crippen LogP contribution in [0.3, 0.4) is 0 Å². The molecule has 0 radical (unpaired) electrons. The van der Waals surface area contributed by atoms with Crippen LogP contribution in [-0.4, -0.2) is 15.9 Å². The van der Waals surface area contributed by atoms with E-state index < -0.39 is 17.8 Å². The Morgan fingerprint density at radius 1 is 0.852 bits per heavy atom. The average Bonchev–Trinajstić information content (AvgIpc) is 2.95. The fourth-order valence-electron chi connectivity index (χ4n) is 3.53. The minimum Gasteiger partial charge on any atom is -0.503 e. The number of carbonyl (C=O) groups excluding carboxylic acids is 1. The van der Waals surface area contributed by atoms with Crippen molar-refractivity contribution in [1.29, 1.82) is 0 Å². The summed E-state index contributed by atoms with van der Waals surface area (Å²) >= 11 is 0. The highest BCUT2D eigenvalue weighted by Crippen LogP contribution is 2.44. The maximum Gasteiger partial charge on any atom is 0.290 e. The summed E-state index contributed by atoms with van der Waals surface area (Å²) in [6, 6.07) is 24.3. The maximum atomic E-state index is 14.7. The van der Waals surface area contributed by atoms with Gasteiger partial charge in [0, 0.05) is 17.7 Å². The molecule has 0 fully saturated rings. The van der Waals surface area contributed by atoms with Crippen LogP contribution in [0, 0.1) is 5.82 Å². The van der Waals surface area contributed by atoms with Crippen LogP contribution in [0.15, 0.2) is 90.7 Å². The molecule has 0 bridgehead atoms. The quantitative estimate of drug-likeness (QED) is 0.721. The van der Waals surface area contributed by atoms with Gasteiger partial charge < -0.3 is 10.0 Å². The van der Waals surface area contributed by atoms with Crippen molar-refractivity contribution in [2.24, 2.45) is 0 Å². The van der Waals surface area contributed by atoms with Gasteiger partial charge in [-0.3, -0.25) is 4.79 Å². The number of halogens is 1. The Morgan fingerprint density at radius 2 is 1.44 bits per heavy atom. The number of amides is 1. The van der Waals surface area contributed by atoms with Crippen molar-refractivity contribution in [1.82, 2.24) is 4.90 Å². The molecule has 1 aliphatic heterocycles. The first kappa shape index (κ1) is 17.0. The molecule has 0 saturated heterocycles. The third-order valence-corrected chi connectivity index (χ3v) is 4.78. The second-order valence-corrected chi connectivity index (χ2v) is 6.47. The summed E-state index contributed by atoms with van der Waals surface area (Å²) in [5.74, 6) is -1.23. The topological polar surface area (TPSA) is 40.5 Å². The molecule has 27 heavy (non-hydrogen) atoms. The van der Waals surface area contributed by atoms with E-state index in [4.69, 9.17) is 0 Å². The van der Waals surface area contributed by atoms with Crippen molar-refractivity contribution in [2.75, 3.05) is 0 Å². The van der Waals surface area contributed by atoms with Crippen LogP contribution in [-0.2, 0) is 11.3 Å². The average molecular weight is 359 g/mol. The molecule has 3 aromatic carbocycles. The predicted octanol–water partition coefficient (Wildman–Crippen LogP) is 4.88. The van der Waals surface area contributed by atoms with Crippen molar-refractivity contribution < 1.29 is 14.3 Å². The third kappa shape index (κ3) is 3.10. The van der Waals surface area contributed by atoms with Gasteiger partial charge in [-0.2, -0.15) is 0 Å². The van der Waals surface area contributed by atoms with Crippen LogP contribution in [0.2, 0.25) is 0 Å². The molecule has 0 saturated carbocycles. The lowest BCUT2D eigenvalue weighted by Crippen LogP contribution is -2.30. The second-order valence-electron chi connectivity index (χ2n) is 6.47. The molecule has 1 amide bonds. The van der Waals surface area contributed by atoms with Gasteiger partial charge in [0.05, 0.1) is 6.04 Å². The first-order valence-corrected chi connectivity index (χ1v) is 8.74. The lowest BCUT2D eigenvalue weighted by Gasteiger charge is -2.27. The van der Waals surface area contributed by atoms with Gasteiger partial charge in [-0.1, -0.05) is 78.9 Å². The van der Waals surface area contributed by atoms with Gasteiger partial charge in [0.15, 0.2) is 5.76 Å². The second kappa shape index (κ2) is 7.08. The predicted molar refractivity (Wildman–Crippen MR) is 102 cm³/mol. The molecule has 4 heteroatoms. The van der Waals surface area contributed by atoms with E-state index in [9.17, 15) is 14.3 Å². The molecule has 3 aromatic rings. The van der Waals surface area contributed by atoms with E-state index in [1.54, 1.807) is 18.2 Å². The first-order chi connectivity index (χ1) is 13.2. The highest BCUT2D eigenvalue weighted by Gasteiger charge is 2.41. The van der Waals surface area contributed by atoms with E-state index in [1.807, 2.05) is 60.7 Å². The van der Waals surface area contributed by atoms with Gasteiger partial charge in [-0.25, -0.2) is 4.39 Å². The number of carbonyl (C=O) groups is 1. The number of hydrogen-bond donors (Lipinski definition) is 1. The molecule has 1 heterocycles. The fraction of sp³-hybridized carbons (Fsp3) is 0.0870. The molecule has 0 spiro atoms. The van der Waals surface area contributed by atoms with Crippen molar-refractivity contribution in [3.8, 4) is 0 Å². The summed E-state index contributed by atoms with van der Waals surface area (Å²) in [5, 5.41) is 10.6. The molecule has 3 nitrogen and oxygen atoms in total. The molecule has 0 aromatic heterocycles. The SMILES string of the molecule is O=C1C(O)=C(c2ccccc2)C(c2ccccc2F)N1Cc1ccccc1. The van der Waals surface area contributed by atoms with Gasteiger partial charge in [0.25, 0.3) is 5.91 Å². The van der Waals surface area contributed by atoms with Crippen molar-refractivity contribution in [3.63, 3.8) is 0 Å². The van der Waals surface area contributed by atoms with Crippen molar-refractivity contribution in [3.05, 3.63) is 113 Å². The Kier molecular flexibility index (Phi) is 4.47. The number of hydrogen-bond acceptors (Lipinski definition) is 2. The number of aliphatic hydroxyl groups excluding tert-OH is 1. The summed E-state index contributed by atoms with van der Waals surface area (Å²) in [7, 11) is 0. The molecule has 1 aliphatic rings. The van der Waals surface area contributed by atoms with E-state index in [0.717, 1.165) is 5.56 Å². The molecule has 1 atom stereocenters. The maximum absolute atomic E-state index is 14.7. The largest absolute Gasteiger partial charge is 0.503 e. The van der Waals surface area contributed by atoms with Crippen molar-refractivity contribution in [2.45, 2.75) is 12.6 Å². The first-order valence-electron chi connectivity index (χ1n) is 8.74. The number of nitrogens with zero attached hydrogens (tertiary/aromatic N) is 1. The zero-order valence-corrected chi connectivity index (χ0v) is 14.5. The van der Waals surface area contributed by atoms with Crippen LogP contribution in [0.5, 0.6) is 0 Å². The van der Waals surface area contributed by atoms with E-state index in [2.05, 4.69) is 0 Å². The fourth-order valence-corrected chi connectivity index (χ4v) is 3.53. The third-order valence-electron chi connectivity index (χ3n) is 4.78.